The second kappa shape index (κ2) is 8.37. The molecule has 1 aromatic carbocycles. The van der Waals surface area contributed by atoms with Crippen LogP contribution in [0.3, 0.4) is 0 Å². The van der Waals surface area contributed by atoms with Gasteiger partial charge >= 0.3 is 12.4 Å². The van der Waals surface area contributed by atoms with Gasteiger partial charge in [0.1, 0.15) is 0 Å². The number of aromatic nitrogens is 2. The lowest BCUT2D eigenvalue weighted by molar-refractivity contribution is -0.145. The molecule has 1 aliphatic carbocycles. The van der Waals surface area contributed by atoms with Crippen molar-refractivity contribution < 1.29 is 39.6 Å². The van der Waals surface area contributed by atoms with Gasteiger partial charge in [-0.2, -0.15) is 26.3 Å². The van der Waals surface area contributed by atoms with E-state index in [1.54, 1.807) is 0 Å². The zero-order valence-corrected chi connectivity index (χ0v) is 18.4. The van der Waals surface area contributed by atoms with Gasteiger partial charge in [-0.1, -0.05) is 6.07 Å². The standard InChI is InChI=1S/C21H20F6N2O3S/c1-19(2,33(31,32)16-5-3-4-14(9-16)20(22,23)24)15-6-12(7-15)8-17(30)13-10-28-18(29-11-13)21(25,26)27/h3-5,9-12,15H,6-8H2,1-2H3. The first kappa shape index (κ1) is 25.1. The molecule has 0 radical (unpaired) electrons. The predicted molar refractivity (Wildman–Crippen MR) is 105 cm³/mol. The normalized spacial score (nSPS) is 19.8. The van der Waals surface area contributed by atoms with Crippen LogP contribution in [0.1, 0.15) is 54.9 Å². The zero-order chi connectivity index (χ0) is 24.8. The third-order valence-corrected chi connectivity index (χ3v) is 8.68. The minimum absolute atomic E-state index is 0.0229. The minimum atomic E-state index is -4.72. The predicted octanol–water partition coefficient (Wildman–Crippen LogP) is 5.37. The number of carbonyl (C=O) groups is 1. The highest BCUT2D eigenvalue weighted by Gasteiger charge is 2.49. The molecule has 0 N–H and O–H groups in total. The summed E-state index contributed by atoms with van der Waals surface area (Å²) >= 11 is 0. The molecule has 0 atom stereocenters. The minimum Gasteiger partial charge on any atom is -0.294 e. The van der Waals surface area contributed by atoms with E-state index in [1.165, 1.54) is 13.8 Å². The van der Waals surface area contributed by atoms with Gasteiger partial charge in [0, 0.05) is 18.8 Å². The van der Waals surface area contributed by atoms with Gasteiger partial charge in [-0.25, -0.2) is 18.4 Å². The lowest BCUT2D eigenvalue weighted by Gasteiger charge is -2.44. The Kier molecular flexibility index (Phi) is 6.37. The number of hydrogen-bond donors (Lipinski definition) is 0. The number of nitrogens with zero attached hydrogens (tertiary/aromatic N) is 2. The summed E-state index contributed by atoms with van der Waals surface area (Å²) < 4.78 is 101. The monoisotopic (exact) mass is 494 g/mol. The summed E-state index contributed by atoms with van der Waals surface area (Å²) in [6.07, 6.45) is -7.16. The van der Waals surface area contributed by atoms with E-state index in [0.29, 0.717) is 18.9 Å². The second-order valence-electron chi connectivity index (χ2n) is 8.59. The molecule has 5 nitrogen and oxygen atoms in total. The van der Waals surface area contributed by atoms with E-state index < -0.39 is 54.9 Å². The number of benzene rings is 1. The van der Waals surface area contributed by atoms with E-state index >= 15 is 0 Å². The van der Waals surface area contributed by atoms with Gasteiger partial charge in [0.25, 0.3) is 0 Å². The molecule has 12 heteroatoms. The van der Waals surface area contributed by atoms with Crippen molar-refractivity contribution in [3.05, 3.63) is 53.6 Å². The van der Waals surface area contributed by atoms with Crippen molar-refractivity contribution in [1.82, 2.24) is 9.97 Å². The molecule has 0 unspecified atom stereocenters. The summed E-state index contributed by atoms with van der Waals surface area (Å²) in [5, 5.41) is 0. The van der Waals surface area contributed by atoms with Crippen LogP contribution in [0, 0.1) is 11.8 Å². The fourth-order valence-corrected chi connectivity index (χ4v) is 5.61. The summed E-state index contributed by atoms with van der Waals surface area (Å²) in [7, 11) is -4.12. The maximum Gasteiger partial charge on any atom is 0.451 e. The van der Waals surface area contributed by atoms with Crippen molar-refractivity contribution in [2.45, 2.75) is 55.1 Å². The maximum atomic E-state index is 13.1. The molecule has 180 valence electrons. The molecule has 0 saturated heterocycles. The van der Waals surface area contributed by atoms with Crippen molar-refractivity contribution in [2.24, 2.45) is 11.8 Å². The van der Waals surface area contributed by atoms with Crippen LogP contribution in [0.25, 0.3) is 0 Å². The first-order chi connectivity index (χ1) is 15.0. The highest BCUT2D eigenvalue weighted by Crippen LogP contribution is 2.48. The highest BCUT2D eigenvalue weighted by molar-refractivity contribution is 7.92. The number of sulfone groups is 1. The lowest BCUT2D eigenvalue weighted by Crippen LogP contribution is -2.46. The van der Waals surface area contributed by atoms with E-state index in [0.717, 1.165) is 30.6 Å². The van der Waals surface area contributed by atoms with Crippen LogP contribution in [-0.4, -0.2) is 28.9 Å². The molecule has 33 heavy (non-hydrogen) atoms. The molecule has 3 rings (SSSR count). The Balaban J connectivity index is 1.66. The first-order valence-corrected chi connectivity index (χ1v) is 11.4. The van der Waals surface area contributed by atoms with Crippen molar-refractivity contribution in [1.29, 1.82) is 0 Å². The molecule has 2 aromatic rings. The van der Waals surface area contributed by atoms with Gasteiger partial charge in [0.05, 0.1) is 20.8 Å². The number of ketones is 1. The molecular formula is C21H20F6N2O3S. The fourth-order valence-electron chi connectivity index (χ4n) is 3.83. The zero-order valence-electron chi connectivity index (χ0n) is 17.5. The van der Waals surface area contributed by atoms with Gasteiger partial charge in [-0.3, -0.25) is 4.79 Å². The van der Waals surface area contributed by atoms with E-state index in [2.05, 4.69) is 9.97 Å². The van der Waals surface area contributed by atoms with Crippen LogP contribution in [0.5, 0.6) is 0 Å². The second-order valence-corrected chi connectivity index (χ2v) is 11.1. The Hall–Kier alpha value is -2.50. The van der Waals surface area contributed by atoms with Crippen LogP contribution in [-0.2, 0) is 22.2 Å². The Morgan fingerprint density at radius 3 is 2.09 bits per heavy atom. The molecule has 1 saturated carbocycles. The fraction of sp³-hybridized carbons (Fsp3) is 0.476. The SMILES string of the molecule is CC(C)(C1CC(CC(=O)c2cnc(C(F)(F)F)nc2)C1)S(=O)(=O)c1cccc(C(F)(F)F)c1. The summed E-state index contributed by atoms with van der Waals surface area (Å²) in [6.45, 7) is 2.88. The number of halogens is 6. The average molecular weight is 494 g/mol. The van der Waals surface area contributed by atoms with Crippen LogP contribution in [0.15, 0.2) is 41.6 Å². The van der Waals surface area contributed by atoms with E-state index in [9.17, 15) is 39.6 Å². The van der Waals surface area contributed by atoms with Gasteiger partial charge < -0.3 is 0 Å². The molecule has 0 spiro atoms. The highest BCUT2D eigenvalue weighted by atomic mass is 32.2. The Labute approximate surface area is 186 Å². The Morgan fingerprint density at radius 1 is 1.00 bits per heavy atom. The Bertz CT molecular complexity index is 1140. The maximum absolute atomic E-state index is 13.1. The van der Waals surface area contributed by atoms with E-state index in [1.807, 2.05) is 0 Å². The molecule has 0 amide bonds. The quantitative estimate of drug-likeness (QED) is 0.399. The molecule has 0 aliphatic heterocycles. The number of hydrogen-bond acceptors (Lipinski definition) is 5. The molecule has 1 heterocycles. The lowest BCUT2D eigenvalue weighted by atomic mass is 9.67. The number of carbonyl (C=O) groups excluding carboxylic acids is 1. The van der Waals surface area contributed by atoms with Crippen molar-refractivity contribution in [3.8, 4) is 0 Å². The van der Waals surface area contributed by atoms with Crippen LogP contribution in [0.4, 0.5) is 26.3 Å². The van der Waals surface area contributed by atoms with Crippen LogP contribution < -0.4 is 0 Å². The van der Waals surface area contributed by atoms with E-state index in [-0.39, 0.29) is 17.9 Å². The van der Waals surface area contributed by atoms with Crippen molar-refractivity contribution in [3.63, 3.8) is 0 Å². The van der Waals surface area contributed by atoms with Crippen LogP contribution in [0.2, 0.25) is 0 Å². The van der Waals surface area contributed by atoms with Crippen LogP contribution >= 0.6 is 0 Å². The summed E-state index contributed by atoms with van der Waals surface area (Å²) in [6, 6.07) is 3.57. The summed E-state index contributed by atoms with van der Waals surface area (Å²) in [5.74, 6) is -2.44. The molecule has 1 fully saturated rings. The molecule has 1 aromatic heterocycles. The van der Waals surface area contributed by atoms with Crippen molar-refractivity contribution >= 4 is 15.6 Å². The smallest absolute Gasteiger partial charge is 0.294 e. The topological polar surface area (TPSA) is 77.0 Å². The molecule has 1 aliphatic rings. The van der Waals surface area contributed by atoms with Gasteiger partial charge in [0.15, 0.2) is 15.6 Å². The summed E-state index contributed by atoms with van der Waals surface area (Å²) in [5.41, 5.74) is -1.14. The number of alkyl halides is 6. The third-order valence-electron chi connectivity index (χ3n) is 6.08. The van der Waals surface area contributed by atoms with Gasteiger partial charge in [0.2, 0.25) is 5.82 Å². The first-order valence-electron chi connectivity index (χ1n) is 9.88. The number of Topliss-reactive ketones (excluding diaryl/α,β-unsaturated/α-hetero) is 1. The molecular weight excluding hydrogens is 474 g/mol. The largest absolute Gasteiger partial charge is 0.451 e. The van der Waals surface area contributed by atoms with Gasteiger partial charge in [-0.05, 0) is 56.7 Å². The average Bonchev–Trinajstić information content (AvgIpc) is 2.68. The summed E-state index contributed by atoms with van der Waals surface area (Å²) in [4.78, 5) is 18.2. The van der Waals surface area contributed by atoms with Gasteiger partial charge in [-0.15, -0.1) is 0 Å². The number of rotatable bonds is 6. The van der Waals surface area contributed by atoms with Crippen molar-refractivity contribution in [2.75, 3.05) is 0 Å². The van der Waals surface area contributed by atoms with E-state index in [4.69, 9.17) is 0 Å². The Morgan fingerprint density at radius 2 is 1.58 bits per heavy atom. The third kappa shape index (κ3) is 5.04. The molecule has 0 bridgehead atoms.